The fourth-order valence-corrected chi connectivity index (χ4v) is 1.84. The lowest BCUT2D eigenvalue weighted by Crippen LogP contribution is -2.44. The first-order valence-electron chi connectivity index (χ1n) is 7.44. The van der Waals surface area contributed by atoms with Crippen LogP contribution in [-0.2, 0) is 4.79 Å². The quantitative estimate of drug-likeness (QED) is 0.609. The van der Waals surface area contributed by atoms with Crippen LogP contribution in [0.2, 0.25) is 0 Å². The number of urea groups is 1. The number of carboxylic acid groups (broad SMARTS) is 1. The molecule has 0 aromatic carbocycles. The predicted molar refractivity (Wildman–Crippen MR) is 80.7 cm³/mol. The van der Waals surface area contributed by atoms with Gasteiger partial charge < -0.3 is 15.7 Å². The molecule has 0 aromatic rings. The van der Waals surface area contributed by atoms with Crippen molar-refractivity contribution in [3.63, 3.8) is 0 Å². The monoisotopic (exact) mass is 286 g/mol. The summed E-state index contributed by atoms with van der Waals surface area (Å²) in [5.41, 5.74) is -0.0754. The molecule has 0 saturated carbocycles. The van der Waals surface area contributed by atoms with Gasteiger partial charge in [-0.2, -0.15) is 0 Å². The van der Waals surface area contributed by atoms with Gasteiger partial charge in [0.2, 0.25) is 0 Å². The first kappa shape index (κ1) is 18.7. The lowest BCUT2D eigenvalue weighted by molar-refractivity contribution is -0.137. The molecular formula is C15H30N2O3. The fourth-order valence-electron chi connectivity index (χ4n) is 1.84. The molecule has 0 rings (SSSR count). The summed E-state index contributed by atoms with van der Waals surface area (Å²) in [4.78, 5) is 22.3. The summed E-state index contributed by atoms with van der Waals surface area (Å²) in [5, 5.41) is 14.4. The number of hydrogen-bond donors (Lipinski definition) is 3. The van der Waals surface area contributed by atoms with E-state index in [0.717, 1.165) is 12.8 Å². The standard InChI is InChI=1S/C15H30N2O3/c1-6-11(2)12(3)17-14(20)16-10-9-15(4,5)8-7-13(18)19/h11-12H,6-10H2,1-5H3,(H,18,19)(H2,16,17,20). The molecule has 0 heterocycles. The van der Waals surface area contributed by atoms with Crippen molar-refractivity contribution in [3.05, 3.63) is 0 Å². The van der Waals surface area contributed by atoms with Gasteiger partial charge >= 0.3 is 12.0 Å². The van der Waals surface area contributed by atoms with Gasteiger partial charge in [-0.25, -0.2) is 4.79 Å². The highest BCUT2D eigenvalue weighted by Gasteiger charge is 2.19. The Morgan fingerprint density at radius 3 is 2.30 bits per heavy atom. The summed E-state index contributed by atoms with van der Waals surface area (Å²) in [6.45, 7) is 10.8. The van der Waals surface area contributed by atoms with E-state index in [1.54, 1.807) is 0 Å². The van der Waals surface area contributed by atoms with Crippen molar-refractivity contribution in [1.82, 2.24) is 10.6 Å². The van der Waals surface area contributed by atoms with Crippen LogP contribution in [0, 0.1) is 11.3 Å². The summed E-state index contributed by atoms with van der Waals surface area (Å²) < 4.78 is 0. The molecule has 0 saturated heterocycles. The highest BCUT2D eigenvalue weighted by molar-refractivity contribution is 5.74. The van der Waals surface area contributed by atoms with Gasteiger partial charge in [0, 0.05) is 19.0 Å². The normalized spacial score (nSPS) is 14.4. The van der Waals surface area contributed by atoms with Crippen molar-refractivity contribution in [2.45, 2.75) is 66.3 Å². The predicted octanol–water partition coefficient (Wildman–Crippen LogP) is 3.00. The summed E-state index contributed by atoms with van der Waals surface area (Å²) in [6.07, 6.45) is 2.59. The molecule has 0 radical (unpaired) electrons. The zero-order valence-corrected chi connectivity index (χ0v) is 13.5. The van der Waals surface area contributed by atoms with Gasteiger partial charge in [0.05, 0.1) is 0 Å². The minimum atomic E-state index is -0.772. The number of carboxylic acids is 1. The maximum Gasteiger partial charge on any atom is 0.315 e. The van der Waals surface area contributed by atoms with E-state index in [-0.39, 0.29) is 23.9 Å². The Balaban J connectivity index is 3.93. The van der Waals surface area contributed by atoms with Crippen molar-refractivity contribution >= 4 is 12.0 Å². The Bertz CT molecular complexity index is 316. The van der Waals surface area contributed by atoms with Crippen LogP contribution in [-0.4, -0.2) is 29.7 Å². The molecule has 20 heavy (non-hydrogen) atoms. The van der Waals surface area contributed by atoms with Crippen molar-refractivity contribution in [2.24, 2.45) is 11.3 Å². The van der Waals surface area contributed by atoms with Gasteiger partial charge in [0.1, 0.15) is 0 Å². The Morgan fingerprint density at radius 1 is 1.20 bits per heavy atom. The molecule has 0 bridgehead atoms. The van der Waals surface area contributed by atoms with Crippen molar-refractivity contribution < 1.29 is 14.7 Å². The minimum absolute atomic E-state index is 0.0754. The molecule has 2 amide bonds. The van der Waals surface area contributed by atoms with Gasteiger partial charge in [0.25, 0.3) is 0 Å². The van der Waals surface area contributed by atoms with Crippen molar-refractivity contribution in [2.75, 3.05) is 6.54 Å². The summed E-state index contributed by atoms with van der Waals surface area (Å²) in [7, 11) is 0. The average molecular weight is 286 g/mol. The third-order valence-electron chi connectivity index (χ3n) is 3.96. The fraction of sp³-hybridized carbons (Fsp3) is 0.867. The topological polar surface area (TPSA) is 78.4 Å². The molecule has 5 nitrogen and oxygen atoms in total. The van der Waals surface area contributed by atoms with Gasteiger partial charge in [-0.15, -0.1) is 0 Å². The van der Waals surface area contributed by atoms with Crippen LogP contribution < -0.4 is 10.6 Å². The van der Waals surface area contributed by atoms with Gasteiger partial charge in [-0.05, 0) is 31.1 Å². The van der Waals surface area contributed by atoms with E-state index in [0.29, 0.717) is 18.9 Å². The summed E-state index contributed by atoms with van der Waals surface area (Å²) in [6, 6.07) is 0.00635. The molecule has 2 unspecified atom stereocenters. The van der Waals surface area contributed by atoms with E-state index in [1.165, 1.54) is 0 Å². The zero-order valence-electron chi connectivity index (χ0n) is 13.5. The minimum Gasteiger partial charge on any atom is -0.481 e. The maximum atomic E-state index is 11.7. The lowest BCUT2D eigenvalue weighted by atomic mass is 9.84. The first-order chi connectivity index (χ1) is 9.18. The Morgan fingerprint density at radius 2 is 1.80 bits per heavy atom. The number of aliphatic carboxylic acids is 1. The third kappa shape index (κ3) is 8.77. The van der Waals surface area contributed by atoms with Crippen molar-refractivity contribution in [1.29, 1.82) is 0 Å². The van der Waals surface area contributed by atoms with Gasteiger partial charge in [-0.1, -0.05) is 34.1 Å². The largest absolute Gasteiger partial charge is 0.481 e. The molecular weight excluding hydrogens is 256 g/mol. The van der Waals surface area contributed by atoms with E-state index in [4.69, 9.17) is 5.11 Å². The van der Waals surface area contributed by atoms with Crippen LogP contribution in [0.15, 0.2) is 0 Å². The SMILES string of the molecule is CCC(C)C(C)NC(=O)NCCC(C)(C)CCC(=O)O. The molecule has 2 atom stereocenters. The van der Waals surface area contributed by atoms with Crippen LogP contribution >= 0.6 is 0 Å². The molecule has 0 spiro atoms. The number of nitrogens with one attached hydrogen (secondary N) is 2. The number of carbonyl (C=O) groups is 2. The molecule has 0 aliphatic rings. The second kappa shape index (κ2) is 8.82. The van der Waals surface area contributed by atoms with E-state index >= 15 is 0 Å². The summed E-state index contributed by atoms with van der Waals surface area (Å²) >= 11 is 0. The number of amides is 2. The average Bonchev–Trinajstić information content (AvgIpc) is 2.35. The first-order valence-corrected chi connectivity index (χ1v) is 7.44. The highest BCUT2D eigenvalue weighted by Crippen LogP contribution is 2.25. The molecule has 5 heteroatoms. The van der Waals surface area contributed by atoms with Crippen LogP contribution in [0.4, 0.5) is 4.79 Å². The molecule has 118 valence electrons. The van der Waals surface area contributed by atoms with Crippen molar-refractivity contribution in [3.8, 4) is 0 Å². The molecule has 0 fully saturated rings. The Hall–Kier alpha value is -1.26. The molecule has 3 N–H and O–H groups in total. The Kier molecular flexibility index (Phi) is 8.26. The molecule has 0 aliphatic carbocycles. The van der Waals surface area contributed by atoms with E-state index in [1.807, 2.05) is 20.8 Å². The van der Waals surface area contributed by atoms with E-state index < -0.39 is 5.97 Å². The van der Waals surface area contributed by atoms with E-state index in [2.05, 4.69) is 24.5 Å². The van der Waals surface area contributed by atoms with Crippen LogP contribution in [0.3, 0.4) is 0 Å². The third-order valence-corrected chi connectivity index (χ3v) is 3.96. The molecule has 0 aromatic heterocycles. The van der Waals surface area contributed by atoms with E-state index in [9.17, 15) is 9.59 Å². The van der Waals surface area contributed by atoms with Gasteiger partial charge in [0.15, 0.2) is 0 Å². The summed E-state index contributed by atoms with van der Waals surface area (Å²) in [5.74, 6) is -0.320. The highest BCUT2D eigenvalue weighted by atomic mass is 16.4. The van der Waals surface area contributed by atoms with Crippen LogP contribution in [0.1, 0.15) is 60.3 Å². The zero-order chi connectivity index (χ0) is 15.8. The number of hydrogen-bond acceptors (Lipinski definition) is 2. The number of rotatable bonds is 9. The second-order valence-corrected chi connectivity index (χ2v) is 6.38. The van der Waals surface area contributed by atoms with Gasteiger partial charge in [-0.3, -0.25) is 4.79 Å². The van der Waals surface area contributed by atoms with Crippen LogP contribution in [0.5, 0.6) is 0 Å². The smallest absolute Gasteiger partial charge is 0.315 e. The number of carbonyl (C=O) groups excluding carboxylic acids is 1. The molecule has 0 aliphatic heterocycles. The Labute approximate surface area is 122 Å². The maximum absolute atomic E-state index is 11.7. The second-order valence-electron chi connectivity index (χ2n) is 6.38. The lowest BCUT2D eigenvalue weighted by Gasteiger charge is -2.24. The van der Waals surface area contributed by atoms with Crippen LogP contribution in [0.25, 0.3) is 0 Å².